The second-order valence-electron chi connectivity index (χ2n) is 5.21. The number of rotatable bonds is 2. The molecule has 0 saturated heterocycles. The molecule has 3 rings (SSSR count). The Bertz CT molecular complexity index is 806. The topological polar surface area (TPSA) is 17.1 Å². The molecule has 1 unspecified atom stereocenters. The second kappa shape index (κ2) is 4.92. The fraction of sp³-hybridized carbons (Fsp3) is 0.111. The van der Waals surface area contributed by atoms with Gasteiger partial charge in [-0.25, -0.2) is 0 Å². The first kappa shape index (κ1) is 13.1. The summed E-state index contributed by atoms with van der Waals surface area (Å²) in [6, 6.07) is 22.1. The van der Waals surface area contributed by atoms with Crippen molar-refractivity contribution in [2.75, 3.05) is 6.66 Å². The summed E-state index contributed by atoms with van der Waals surface area (Å²) in [7, 11) is -2.58. The van der Waals surface area contributed by atoms with Crippen LogP contribution in [0.1, 0.15) is 5.56 Å². The van der Waals surface area contributed by atoms with Gasteiger partial charge in [0.2, 0.25) is 0 Å². The summed E-state index contributed by atoms with van der Waals surface area (Å²) in [5, 5.41) is 4.15. The Morgan fingerprint density at radius 3 is 2.20 bits per heavy atom. The summed E-state index contributed by atoms with van der Waals surface area (Å²) in [6.45, 7) is 3.91. The van der Waals surface area contributed by atoms with E-state index in [1.165, 1.54) is 0 Å². The van der Waals surface area contributed by atoms with E-state index in [2.05, 4.69) is 24.3 Å². The minimum absolute atomic E-state index is 0.916. The smallest absolute Gasteiger partial charge is 0.141 e. The van der Waals surface area contributed by atoms with E-state index in [1.807, 2.05) is 56.1 Å². The fourth-order valence-corrected chi connectivity index (χ4v) is 5.18. The van der Waals surface area contributed by atoms with Gasteiger partial charge in [0.25, 0.3) is 0 Å². The zero-order valence-corrected chi connectivity index (χ0v) is 12.6. The van der Waals surface area contributed by atoms with Crippen LogP contribution in [0.25, 0.3) is 10.8 Å². The lowest BCUT2D eigenvalue weighted by molar-refractivity contribution is 0.590. The largest absolute Gasteiger partial charge is 0.314 e. The quantitative estimate of drug-likeness (QED) is 0.646. The Hall–Kier alpha value is -1.85. The second-order valence-corrected chi connectivity index (χ2v) is 8.02. The summed E-state index contributed by atoms with van der Waals surface area (Å²) >= 11 is 0. The molecule has 1 nitrogen and oxygen atoms in total. The lowest BCUT2D eigenvalue weighted by Crippen LogP contribution is -2.18. The van der Waals surface area contributed by atoms with Gasteiger partial charge in [-0.05, 0) is 29.9 Å². The molecule has 3 aromatic rings. The number of hydrogen-bond acceptors (Lipinski definition) is 1. The lowest BCUT2D eigenvalue weighted by Gasteiger charge is -2.19. The molecule has 20 heavy (non-hydrogen) atoms. The molecule has 1 atom stereocenters. The maximum absolute atomic E-state index is 13.5. The van der Waals surface area contributed by atoms with E-state index < -0.39 is 7.14 Å². The van der Waals surface area contributed by atoms with Crippen molar-refractivity contribution in [2.45, 2.75) is 6.92 Å². The van der Waals surface area contributed by atoms with Crippen molar-refractivity contribution in [1.29, 1.82) is 0 Å². The Balaban J connectivity index is 2.34. The highest BCUT2D eigenvalue weighted by molar-refractivity contribution is 7.78. The molecule has 0 spiro atoms. The van der Waals surface area contributed by atoms with Crippen LogP contribution >= 0.6 is 7.14 Å². The normalized spacial score (nSPS) is 14.1. The van der Waals surface area contributed by atoms with E-state index in [0.717, 1.165) is 26.9 Å². The lowest BCUT2D eigenvalue weighted by atomic mass is 10.1. The van der Waals surface area contributed by atoms with Gasteiger partial charge in [0.1, 0.15) is 7.14 Å². The molecule has 2 heteroatoms. The molecule has 0 fully saturated rings. The maximum atomic E-state index is 13.5. The summed E-state index contributed by atoms with van der Waals surface area (Å²) < 4.78 is 13.5. The van der Waals surface area contributed by atoms with E-state index in [4.69, 9.17) is 0 Å². The molecule has 0 radical (unpaired) electrons. The SMILES string of the molecule is Cc1ccc2ccccc2c1P(C)(=O)c1ccccc1. The summed E-state index contributed by atoms with van der Waals surface area (Å²) in [5.41, 5.74) is 1.10. The van der Waals surface area contributed by atoms with Crippen LogP contribution < -0.4 is 10.6 Å². The highest BCUT2D eigenvalue weighted by atomic mass is 31.2. The van der Waals surface area contributed by atoms with Crippen molar-refractivity contribution < 1.29 is 4.57 Å². The van der Waals surface area contributed by atoms with Gasteiger partial charge in [-0.15, -0.1) is 0 Å². The number of aryl methyl sites for hydroxylation is 1. The molecule has 0 heterocycles. The van der Waals surface area contributed by atoms with Crippen LogP contribution in [0.3, 0.4) is 0 Å². The van der Waals surface area contributed by atoms with Crippen LogP contribution in [0.5, 0.6) is 0 Å². The van der Waals surface area contributed by atoms with Gasteiger partial charge in [-0.1, -0.05) is 66.7 Å². The molecular weight excluding hydrogens is 263 g/mol. The first-order chi connectivity index (χ1) is 9.60. The molecule has 0 saturated carbocycles. The third kappa shape index (κ3) is 2.09. The van der Waals surface area contributed by atoms with Gasteiger partial charge in [0.15, 0.2) is 0 Å². The van der Waals surface area contributed by atoms with Gasteiger partial charge in [-0.3, -0.25) is 0 Å². The first-order valence-electron chi connectivity index (χ1n) is 6.73. The number of fused-ring (bicyclic) bond motifs is 1. The monoisotopic (exact) mass is 280 g/mol. The Morgan fingerprint density at radius 1 is 0.800 bits per heavy atom. The van der Waals surface area contributed by atoms with Crippen LogP contribution in [0.4, 0.5) is 0 Å². The third-order valence-corrected chi connectivity index (χ3v) is 6.51. The molecule has 0 amide bonds. The minimum Gasteiger partial charge on any atom is -0.314 e. The van der Waals surface area contributed by atoms with Crippen LogP contribution in [-0.2, 0) is 4.57 Å². The Morgan fingerprint density at radius 2 is 1.45 bits per heavy atom. The third-order valence-electron chi connectivity index (χ3n) is 3.78. The molecule has 3 aromatic carbocycles. The van der Waals surface area contributed by atoms with E-state index in [-0.39, 0.29) is 0 Å². The Labute approximate surface area is 119 Å². The molecule has 0 bridgehead atoms. The average Bonchev–Trinajstić information content (AvgIpc) is 2.47. The summed E-state index contributed by atoms with van der Waals surface area (Å²) in [5.74, 6) is 0. The van der Waals surface area contributed by atoms with Gasteiger partial charge in [0, 0.05) is 10.6 Å². The highest BCUT2D eigenvalue weighted by Crippen LogP contribution is 2.42. The van der Waals surface area contributed by atoms with Crippen LogP contribution in [-0.4, -0.2) is 6.66 Å². The van der Waals surface area contributed by atoms with Crippen molar-refractivity contribution in [1.82, 2.24) is 0 Å². The standard InChI is InChI=1S/C18H17OP/c1-14-12-13-15-8-6-7-11-17(15)18(14)20(2,19)16-9-4-3-5-10-16/h3-13H,1-2H3. The summed E-state index contributed by atoms with van der Waals surface area (Å²) in [6.07, 6.45) is 0. The van der Waals surface area contributed by atoms with E-state index >= 15 is 0 Å². The number of hydrogen-bond donors (Lipinski definition) is 0. The minimum atomic E-state index is -2.58. The zero-order valence-electron chi connectivity index (χ0n) is 11.7. The molecule has 0 aliphatic heterocycles. The molecule has 100 valence electrons. The van der Waals surface area contributed by atoms with E-state index in [0.29, 0.717) is 0 Å². The Kier molecular flexibility index (Phi) is 3.23. The van der Waals surface area contributed by atoms with Crippen LogP contribution in [0.2, 0.25) is 0 Å². The molecule has 0 N–H and O–H groups in total. The van der Waals surface area contributed by atoms with Crippen molar-refractivity contribution in [3.05, 3.63) is 72.3 Å². The molecular formula is C18H17OP. The van der Waals surface area contributed by atoms with Gasteiger partial charge in [0.05, 0.1) is 0 Å². The highest BCUT2D eigenvalue weighted by Gasteiger charge is 2.24. The van der Waals surface area contributed by atoms with Crippen molar-refractivity contribution in [2.24, 2.45) is 0 Å². The van der Waals surface area contributed by atoms with Gasteiger partial charge < -0.3 is 4.57 Å². The predicted octanol–water partition coefficient (Wildman–Crippen LogP) is 4.09. The van der Waals surface area contributed by atoms with Crippen LogP contribution in [0, 0.1) is 6.92 Å². The molecule has 0 aliphatic carbocycles. The van der Waals surface area contributed by atoms with Crippen LogP contribution in [0.15, 0.2) is 66.7 Å². The van der Waals surface area contributed by atoms with Crippen molar-refractivity contribution in [3.63, 3.8) is 0 Å². The van der Waals surface area contributed by atoms with E-state index in [9.17, 15) is 4.57 Å². The molecule has 0 aliphatic rings. The average molecular weight is 280 g/mol. The predicted molar refractivity (Wildman–Crippen MR) is 87.9 cm³/mol. The fourth-order valence-electron chi connectivity index (χ4n) is 2.77. The number of benzene rings is 3. The van der Waals surface area contributed by atoms with Crippen molar-refractivity contribution in [3.8, 4) is 0 Å². The zero-order chi connectivity index (χ0) is 14.2. The van der Waals surface area contributed by atoms with Gasteiger partial charge in [-0.2, -0.15) is 0 Å². The van der Waals surface area contributed by atoms with Gasteiger partial charge >= 0.3 is 0 Å². The molecule has 0 aromatic heterocycles. The van der Waals surface area contributed by atoms with E-state index in [1.54, 1.807) is 0 Å². The maximum Gasteiger partial charge on any atom is 0.141 e. The summed E-state index contributed by atoms with van der Waals surface area (Å²) in [4.78, 5) is 0. The first-order valence-corrected chi connectivity index (χ1v) is 8.88. The van der Waals surface area contributed by atoms with Crippen molar-refractivity contribution >= 4 is 28.5 Å².